The van der Waals surface area contributed by atoms with Crippen LogP contribution in [0.25, 0.3) is 0 Å². The van der Waals surface area contributed by atoms with Crippen LogP contribution >= 0.6 is 0 Å². The number of hydrogen-bond donors (Lipinski definition) is 1. The second-order valence-electron chi connectivity index (χ2n) is 2.48. The van der Waals surface area contributed by atoms with Crippen molar-refractivity contribution in [3.8, 4) is 5.75 Å². The van der Waals surface area contributed by atoms with E-state index in [4.69, 9.17) is 5.11 Å². The average Bonchev–Trinajstić information content (AvgIpc) is 2.13. The lowest BCUT2D eigenvalue weighted by atomic mass is 10.2. The van der Waals surface area contributed by atoms with Crippen molar-refractivity contribution in [2.45, 2.75) is 6.92 Å². The number of hydrogen-bond acceptors (Lipinski definition) is 3. The Morgan fingerprint density at radius 2 is 2.14 bits per heavy atom. The summed E-state index contributed by atoms with van der Waals surface area (Å²) in [7, 11) is 0. The van der Waals surface area contributed by atoms with Crippen LogP contribution in [0.2, 0.25) is 0 Å². The predicted molar refractivity (Wildman–Crippen MR) is 44.0 cm³/mol. The molecule has 1 aromatic rings. The van der Waals surface area contributed by atoms with Crippen molar-refractivity contribution < 1.29 is 23.4 Å². The molecule has 0 aliphatic carbocycles. The lowest BCUT2D eigenvalue weighted by Gasteiger charge is -2.05. The first kappa shape index (κ1) is 10.4. The lowest BCUT2D eigenvalue weighted by Crippen LogP contribution is -2.08. The van der Waals surface area contributed by atoms with Gasteiger partial charge in [-0.3, -0.25) is 0 Å². The zero-order chi connectivity index (χ0) is 10.7. The Labute approximate surface area is 78.9 Å². The van der Waals surface area contributed by atoms with Crippen LogP contribution in [-0.4, -0.2) is 17.7 Å². The number of ether oxygens (including phenoxy) is 1. The summed E-state index contributed by atoms with van der Waals surface area (Å²) in [4.78, 5) is 11.0. The van der Waals surface area contributed by atoms with Crippen LogP contribution in [0.3, 0.4) is 0 Å². The molecular formula is C9H8F2O3. The summed E-state index contributed by atoms with van der Waals surface area (Å²) in [6, 6.07) is 1.62. The fourth-order valence-corrected chi connectivity index (χ4v) is 0.938. The third-order valence-corrected chi connectivity index (χ3v) is 1.55. The van der Waals surface area contributed by atoms with Crippen LogP contribution in [0.1, 0.15) is 17.3 Å². The molecule has 3 nitrogen and oxygen atoms in total. The Balaban J connectivity index is 3.18. The third-order valence-electron chi connectivity index (χ3n) is 1.55. The molecule has 0 radical (unpaired) electrons. The molecule has 0 unspecified atom stereocenters. The normalized spacial score (nSPS) is 9.93. The highest BCUT2D eigenvalue weighted by Crippen LogP contribution is 2.23. The first-order valence-electron chi connectivity index (χ1n) is 3.92. The van der Waals surface area contributed by atoms with Crippen molar-refractivity contribution in [1.82, 2.24) is 0 Å². The van der Waals surface area contributed by atoms with Gasteiger partial charge in [0.15, 0.2) is 11.6 Å². The number of benzene rings is 1. The Morgan fingerprint density at radius 3 is 2.71 bits per heavy atom. The van der Waals surface area contributed by atoms with E-state index in [2.05, 4.69) is 4.74 Å². The molecule has 0 aliphatic heterocycles. The highest BCUT2D eigenvalue weighted by molar-refractivity contribution is 5.92. The van der Waals surface area contributed by atoms with Gasteiger partial charge in [-0.1, -0.05) is 0 Å². The molecule has 1 aromatic carbocycles. The van der Waals surface area contributed by atoms with Crippen LogP contribution in [0.4, 0.5) is 8.78 Å². The Hall–Kier alpha value is -1.65. The summed E-state index contributed by atoms with van der Waals surface area (Å²) in [6.07, 6.45) is 0. The molecule has 0 aliphatic rings. The maximum absolute atomic E-state index is 13.0. The molecule has 0 fully saturated rings. The van der Waals surface area contributed by atoms with E-state index in [1.54, 1.807) is 0 Å². The van der Waals surface area contributed by atoms with Crippen LogP contribution in [0, 0.1) is 11.6 Å². The summed E-state index contributed by atoms with van der Waals surface area (Å²) in [5, 5.41) is 9.11. The monoisotopic (exact) mass is 202 g/mol. The molecule has 0 saturated heterocycles. The van der Waals surface area contributed by atoms with Gasteiger partial charge in [0.05, 0.1) is 6.61 Å². The van der Waals surface area contributed by atoms with Crippen molar-refractivity contribution in [2.75, 3.05) is 6.61 Å². The quantitative estimate of drug-likeness (QED) is 0.744. The minimum absolute atomic E-state index is 0.0221. The molecule has 76 valence electrons. The molecule has 0 spiro atoms. The Kier molecular flexibility index (Phi) is 3.01. The fourth-order valence-electron chi connectivity index (χ4n) is 0.938. The highest BCUT2D eigenvalue weighted by Gasteiger charge is 2.21. The molecule has 14 heavy (non-hydrogen) atoms. The summed E-state index contributed by atoms with van der Waals surface area (Å²) in [5.41, 5.74) is -0.771. The van der Waals surface area contributed by atoms with Crippen LogP contribution in [0.15, 0.2) is 12.1 Å². The number of phenolic OH excluding ortho intramolecular Hbond substituents is 1. The summed E-state index contributed by atoms with van der Waals surface area (Å²) in [5.74, 6) is -4.32. The van der Waals surface area contributed by atoms with E-state index in [0.717, 1.165) is 12.1 Å². The van der Waals surface area contributed by atoms with Crippen molar-refractivity contribution in [2.24, 2.45) is 0 Å². The summed E-state index contributed by atoms with van der Waals surface area (Å²) >= 11 is 0. The van der Waals surface area contributed by atoms with Gasteiger partial charge in [-0.15, -0.1) is 0 Å². The van der Waals surface area contributed by atoms with Gasteiger partial charge in [0.25, 0.3) is 0 Å². The van der Waals surface area contributed by atoms with Crippen molar-refractivity contribution in [3.05, 3.63) is 29.3 Å². The molecule has 0 aromatic heterocycles. The Morgan fingerprint density at radius 1 is 1.50 bits per heavy atom. The van der Waals surface area contributed by atoms with E-state index < -0.39 is 28.9 Å². The number of halogens is 2. The zero-order valence-electron chi connectivity index (χ0n) is 7.38. The molecule has 0 bridgehead atoms. The number of phenols is 1. The second-order valence-corrected chi connectivity index (χ2v) is 2.48. The van der Waals surface area contributed by atoms with E-state index in [1.165, 1.54) is 6.92 Å². The van der Waals surface area contributed by atoms with Gasteiger partial charge in [-0.05, 0) is 19.1 Å². The number of rotatable bonds is 2. The molecule has 0 atom stereocenters. The number of esters is 1. The van der Waals surface area contributed by atoms with Gasteiger partial charge in [0, 0.05) is 0 Å². The van der Waals surface area contributed by atoms with E-state index >= 15 is 0 Å². The SMILES string of the molecule is CCOC(=O)c1c(O)ccc(F)c1F. The van der Waals surface area contributed by atoms with Crippen LogP contribution in [0.5, 0.6) is 5.75 Å². The minimum Gasteiger partial charge on any atom is -0.507 e. The van der Waals surface area contributed by atoms with Crippen molar-refractivity contribution in [1.29, 1.82) is 0 Å². The summed E-state index contributed by atoms with van der Waals surface area (Å²) < 4.78 is 30.1. The maximum Gasteiger partial charge on any atom is 0.345 e. The molecule has 0 amide bonds. The molecule has 0 saturated carbocycles. The second kappa shape index (κ2) is 4.04. The highest BCUT2D eigenvalue weighted by atomic mass is 19.2. The molecule has 1 rings (SSSR count). The standard InChI is InChI=1S/C9H8F2O3/c1-2-14-9(13)7-6(12)4-3-5(10)8(7)11/h3-4,12H,2H2,1H3. The van der Waals surface area contributed by atoms with E-state index in [0.29, 0.717) is 0 Å². The number of carbonyl (C=O) groups excluding carboxylic acids is 1. The minimum atomic E-state index is -1.40. The molecule has 0 heterocycles. The fraction of sp³-hybridized carbons (Fsp3) is 0.222. The van der Waals surface area contributed by atoms with E-state index in [9.17, 15) is 13.6 Å². The largest absolute Gasteiger partial charge is 0.507 e. The molecule has 5 heteroatoms. The van der Waals surface area contributed by atoms with E-state index in [1.807, 2.05) is 0 Å². The van der Waals surface area contributed by atoms with Gasteiger partial charge >= 0.3 is 5.97 Å². The molecule has 1 N–H and O–H groups in total. The van der Waals surface area contributed by atoms with Crippen molar-refractivity contribution >= 4 is 5.97 Å². The van der Waals surface area contributed by atoms with Gasteiger partial charge in [0.2, 0.25) is 0 Å². The van der Waals surface area contributed by atoms with Gasteiger partial charge in [0.1, 0.15) is 11.3 Å². The third kappa shape index (κ3) is 1.81. The van der Waals surface area contributed by atoms with Crippen LogP contribution < -0.4 is 0 Å². The molecular weight excluding hydrogens is 194 g/mol. The first-order chi connectivity index (χ1) is 6.57. The van der Waals surface area contributed by atoms with E-state index in [-0.39, 0.29) is 6.61 Å². The lowest BCUT2D eigenvalue weighted by molar-refractivity contribution is 0.0516. The maximum atomic E-state index is 13.0. The van der Waals surface area contributed by atoms with Gasteiger partial charge in [-0.2, -0.15) is 0 Å². The van der Waals surface area contributed by atoms with Gasteiger partial charge < -0.3 is 9.84 Å². The van der Waals surface area contributed by atoms with Crippen molar-refractivity contribution in [3.63, 3.8) is 0 Å². The topological polar surface area (TPSA) is 46.5 Å². The zero-order valence-corrected chi connectivity index (χ0v) is 7.38. The van der Waals surface area contributed by atoms with Gasteiger partial charge in [-0.25, -0.2) is 13.6 Å². The smallest absolute Gasteiger partial charge is 0.345 e. The predicted octanol–water partition coefficient (Wildman–Crippen LogP) is 1.85. The Bertz CT molecular complexity index is 363. The number of carbonyl (C=O) groups is 1. The first-order valence-corrected chi connectivity index (χ1v) is 3.92. The summed E-state index contributed by atoms with van der Waals surface area (Å²) in [6.45, 7) is 1.54. The van der Waals surface area contributed by atoms with Crippen LogP contribution in [-0.2, 0) is 4.74 Å². The number of aromatic hydroxyl groups is 1. The average molecular weight is 202 g/mol.